The van der Waals surface area contributed by atoms with Gasteiger partial charge >= 0.3 is 0 Å². The van der Waals surface area contributed by atoms with E-state index in [2.05, 4.69) is 30.0 Å². The fourth-order valence-corrected chi connectivity index (χ4v) is 4.31. The first-order valence-electron chi connectivity index (χ1n) is 7.90. The van der Waals surface area contributed by atoms with Gasteiger partial charge in [0.1, 0.15) is 0 Å². The molecule has 0 radical (unpaired) electrons. The average molecular weight is 304 g/mol. The Morgan fingerprint density at radius 1 is 1.38 bits per heavy atom. The summed E-state index contributed by atoms with van der Waals surface area (Å²) in [6.45, 7) is 6.38. The van der Waals surface area contributed by atoms with Gasteiger partial charge in [0.15, 0.2) is 0 Å². The summed E-state index contributed by atoms with van der Waals surface area (Å²) in [7, 11) is 0. The van der Waals surface area contributed by atoms with Crippen molar-refractivity contribution in [2.75, 3.05) is 13.1 Å². The first-order chi connectivity index (χ1) is 10.1. The summed E-state index contributed by atoms with van der Waals surface area (Å²) in [5, 5.41) is 11.0. The van der Waals surface area contributed by atoms with Gasteiger partial charge in [0.2, 0.25) is 0 Å². The van der Waals surface area contributed by atoms with E-state index in [1.54, 1.807) is 0 Å². The van der Waals surface area contributed by atoms with E-state index < -0.39 is 0 Å². The lowest BCUT2D eigenvalue weighted by molar-refractivity contribution is 0.0474. The van der Waals surface area contributed by atoms with Crippen LogP contribution in [-0.4, -0.2) is 40.2 Å². The zero-order chi connectivity index (χ0) is 14.8. The lowest BCUT2D eigenvalue weighted by Gasteiger charge is -2.37. The molecule has 114 valence electrons. The second-order valence-electron chi connectivity index (χ2n) is 6.27. The van der Waals surface area contributed by atoms with Gasteiger partial charge in [0, 0.05) is 19.0 Å². The number of aliphatic hydroxyl groups excluding tert-OH is 1. The van der Waals surface area contributed by atoms with E-state index in [9.17, 15) is 5.11 Å². The van der Waals surface area contributed by atoms with Crippen LogP contribution in [0.15, 0.2) is 24.3 Å². The quantitative estimate of drug-likeness (QED) is 0.941. The largest absolute Gasteiger partial charge is 0.393 e. The molecule has 3 atom stereocenters. The molecule has 0 aliphatic carbocycles. The third-order valence-electron chi connectivity index (χ3n) is 4.60. The van der Waals surface area contributed by atoms with Gasteiger partial charge in [0.05, 0.1) is 21.3 Å². The fourth-order valence-electron chi connectivity index (χ4n) is 3.22. The molecule has 4 heteroatoms. The van der Waals surface area contributed by atoms with Crippen molar-refractivity contribution in [2.45, 2.75) is 45.3 Å². The van der Waals surface area contributed by atoms with Gasteiger partial charge in [-0.15, -0.1) is 11.3 Å². The Balaban J connectivity index is 1.66. The minimum absolute atomic E-state index is 0.192. The van der Waals surface area contributed by atoms with Gasteiger partial charge in [-0.1, -0.05) is 12.1 Å². The fraction of sp³-hybridized carbons (Fsp3) is 0.588. The van der Waals surface area contributed by atoms with Crippen molar-refractivity contribution >= 4 is 21.6 Å². The number of piperidine rings is 1. The Morgan fingerprint density at radius 2 is 2.19 bits per heavy atom. The predicted octanol–water partition coefficient (Wildman–Crippen LogP) is 3.32. The molecule has 2 aromatic rings. The average Bonchev–Trinajstić information content (AvgIpc) is 2.89. The van der Waals surface area contributed by atoms with Crippen molar-refractivity contribution in [3.8, 4) is 0 Å². The molecular formula is C17H24N2OS. The number of hydrogen-bond donors (Lipinski definition) is 1. The van der Waals surface area contributed by atoms with Crippen LogP contribution in [0.3, 0.4) is 0 Å². The van der Waals surface area contributed by atoms with E-state index in [1.807, 2.05) is 24.3 Å². The zero-order valence-electron chi connectivity index (χ0n) is 12.8. The summed E-state index contributed by atoms with van der Waals surface area (Å²) in [6.07, 6.45) is 3.16. The van der Waals surface area contributed by atoms with Crippen molar-refractivity contribution in [2.24, 2.45) is 5.92 Å². The molecule has 21 heavy (non-hydrogen) atoms. The van der Waals surface area contributed by atoms with Crippen LogP contribution in [0.4, 0.5) is 0 Å². The lowest BCUT2D eigenvalue weighted by atomic mass is 9.92. The van der Waals surface area contributed by atoms with Crippen LogP contribution < -0.4 is 0 Å². The standard InChI is InChI=1S/C17H24N2OS/c1-12(19-9-5-6-14(11-19)13(2)20)10-17-18-15-7-3-4-8-16(15)21-17/h3-4,7-8,12-14,20H,5-6,9-11H2,1-2H3. The molecule has 0 bridgehead atoms. The van der Waals surface area contributed by atoms with Crippen LogP contribution in [0.25, 0.3) is 10.2 Å². The Labute approximate surface area is 130 Å². The number of thiazole rings is 1. The van der Waals surface area contributed by atoms with Gasteiger partial charge < -0.3 is 5.11 Å². The Hall–Kier alpha value is -0.970. The molecule has 1 aromatic heterocycles. The number of para-hydroxylation sites is 1. The molecule has 3 rings (SSSR count). The van der Waals surface area contributed by atoms with Crippen molar-refractivity contribution in [1.82, 2.24) is 9.88 Å². The number of rotatable bonds is 4. The molecule has 3 nitrogen and oxygen atoms in total. The highest BCUT2D eigenvalue weighted by Gasteiger charge is 2.26. The number of nitrogens with zero attached hydrogens (tertiary/aromatic N) is 2. The summed E-state index contributed by atoms with van der Waals surface area (Å²) in [5.41, 5.74) is 1.12. The predicted molar refractivity (Wildman–Crippen MR) is 88.8 cm³/mol. The van der Waals surface area contributed by atoms with Crippen LogP contribution in [0.5, 0.6) is 0 Å². The minimum atomic E-state index is -0.192. The summed E-state index contributed by atoms with van der Waals surface area (Å²) >= 11 is 1.81. The van der Waals surface area contributed by atoms with Crippen molar-refractivity contribution < 1.29 is 5.11 Å². The molecule has 0 amide bonds. The maximum Gasteiger partial charge on any atom is 0.0954 e. The highest BCUT2D eigenvalue weighted by Crippen LogP contribution is 2.26. The SMILES string of the molecule is CC(O)C1CCCN(C(C)Cc2nc3ccccc3s2)C1. The molecule has 0 spiro atoms. The monoisotopic (exact) mass is 304 g/mol. The summed E-state index contributed by atoms with van der Waals surface area (Å²) < 4.78 is 1.28. The van der Waals surface area contributed by atoms with Crippen molar-refractivity contribution in [1.29, 1.82) is 0 Å². The molecule has 1 aromatic carbocycles. The van der Waals surface area contributed by atoms with Crippen LogP contribution in [0.1, 0.15) is 31.7 Å². The zero-order valence-corrected chi connectivity index (χ0v) is 13.6. The number of likely N-dealkylation sites (tertiary alicyclic amines) is 1. The summed E-state index contributed by atoms with van der Waals surface area (Å²) in [5.74, 6) is 0.427. The number of fused-ring (bicyclic) bond motifs is 1. The van der Waals surface area contributed by atoms with Crippen LogP contribution in [-0.2, 0) is 6.42 Å². The van der Waals surface area contributed by atoms with E-state index in [0.717, 1.165) is 31.4 Å². The van der Waals surface area contributed by atoms with E-state index in [4.69, 9.17) is 4.98 Å². The summed E-state index contributed by atoms with van der Waals surface area (Å²) in [4.78, 5) is 7.26. The van der Waals surface area contributed by atoms with E-state index in [1.165, 1.54) is 16.1 Å². The Bertz CT molecular complexity index is 562. The van der Waals surface area contributed by atoms with Crippen LogP contribution >= 0.6 is 11.3 Å². The number of aromatic nitrogens is 1. The Morgan fingerprint density at radius 3 is 2.95 bits per heavy atom. The van der Waals surface area contributed by atoms with E-state index in [-0.39, 0.29) is 6.10 Å². The molecular weight excluding hydrogens is 280 g/mol. The first-order valence-corrected chi connectivity index (χ1v) is 8.71. The Kier molecular flexibility index (Phi) is 4.57. The van der Waals surface area contributed by atoms with Crippen LogP contribution in [0, 0.1) is 5.92 Å². The highest BCUT2D eigenvalue weighted by atomic mass is 32.1. The normalized spacial score (nSPS) is 23.3. The number of benzene rings is 1. The molecule has 0 saturated carbocycles. The van der Waals surface area contributed by atoms with Gasteiger partial charge in [-0.2, -0.15) is 0 Å². The number of hydrogen-bond acceptors (Lipinski definition) is 4. The molecule has 1 N–H and O–H groups in total. The molecule has 2 heterocycles. The first kappa shape index (κ1) is 14.9. The van der Waals surface area contributed by atoms with Crippen molar-refractivity contribution in [3.63, 3.8) is 0 Å². The maximum atomic E-state index is 9.82. The minimum Gasteiger partial charge on any atom is -0.393 e. The van der Waals surface area contributed by atoms with E-state index >= 15 is 0 Å². The van der Waals surface area contributed by atoms with Crippen molar-refractivity contribution in [3.05, 3.63) is 29.3 Å². The topological polar surface area (TPSA) is 36.4 Å². The molecule has 1 fully saturated rings. The third-order valence-corrected chi connectivity index (χ3v) is 5.66. The molecule has 1 aliphatic rings. The molecule has 3 unspecified atom stereocenters. The smallest absolute Gasteiger partial charge is 0.0954 e. The van der Waals surface area contributed by atoms with E-state index in [0.29, 0.717) is 12.0 Å². The van der Waals surface area contributed by atoms with Gasteiger partial charge in [-0.25, -0.2) is 4.98 Å². The van der Waals surface area contributed by atoms with Gasteiger partial charge in [0.25, 0.3) is 0 Å². The molecule has 1 saturated heterocycles. The second-order valence-corrected chi connectivity index (χ2v) is 7.38. The van der Waals surface area contributed by atoms with Gasteiger partial charge in [-0.3, -0.25) is 4.90 Å². The van der Waals surface area contributed by atoms with Gasteiger partial charge in [-0.05, 0) is 51.3 Å². The number of aliphatic hydroxyl groups is 1. The second kappa shape index (κ2) is 6.42. The summed E-state index contributed by atoms with van der Waals surface area (Å²) in [6, 6.07) is 8.85. The third kappa shape index (κ3) is 3.44. The highest BCUT2D eigenvalue weighted by molar-refractivity contribution is 7.18. The van der Waals surface area contributed by atoms with Crippen LogP contribution in [0.2, 0.25) is 0 Å². The molecule has 1 aliphatic heterocycles. The maximum absolute atomic E-state index is 9.82. The lowest BCUT2D eigenvalue weighted by Crippen LogP contribution is -2.44.